The molecular weight excluding hydrogens is 368 g/mol. The van der Waals surface area contributed by atoms with Crippen molar-refractivity contribution in [2.45, 2.75) is 13.8 Å². The largest absolute Gasteiger partial charge is 0.324 e. The van der Waals surface area contributed by atoms with Crippen LogP contribution in [0.4, 0.5) is 17.2 Å². The van der Waals surface area contributed by atoms with E-state index in [1.807, 2.05) is 44.2 Å². The molecule has 10 nitrogen and oxygen atoms in total. The lowest BCUT2D eigenvalue weighted by Crippen LogP contribution is -1.99. The fourth-order valence-electron chi connectivity index (χ4n) is 3.18. The molecule has 1 N–H and O–H groups in total. The molecule has 0 spiro atoms. The number of rotatable bonds is 3. The number of H-pyrrole nitrogens is 1. The zero-order chi connectivity index (χ0) is 20.0. The minimum absolute atomic E-state index is 0.283. The van der Waals surface area contributed by atoms with Gasteiger partial charge in [0.1, 0.15) is 5.82 Å². The molecule has 1 aromatic carbocycles. The number of aromatic nitrogens is 7. The van der Waals surface area contributed by atoms with Gasteiger partial charge in [-0.15, -0.1) is 20.0 Å². The molecule has 0 fully saturated rings. The molecule has 0 atom stereocenters. The van der Waals surface area contributed by atoms with Crippen LogP contribution in [-0.2, 0) is 0 Å². The minimum atomic E-state index is 0.283. The van der Waals surface area contributed by atoms with Crippen LogP contribution in [0.3, 0.4) is 0 Å². The quantitative estimate of drug-likeness (QED) is 0.369. The molecule has 0 saturated heterocycles. The molecule has 0 aliphatic rings. The third-order valence-electron chi connectivity index (χ3n) is 4.50. The molecular formula is C19H14N10. The van der Waals surface area contributed by atoms with Gasteiger partial charge >= 0.3 is 0 Å². The van der Waals surface area contributed by atoms with E-state index in [9.17, 15) is 0 Å². The molecule has 0 unspecified atom stereocenters. The predicted molar refractivity (Wildman–Crippen MR) is 106 cm³/mol. The number of aromatic amines is 1. The lowest BCUT2D eigenvalue weighted by atomic mass is 10.1. The molecule has 5 aromatic rings. The van der Waals surface area contributed by atoms with Crippen LogP contribution in [0, 0.1) is 20.4 Å². The van der Waals surface area contributed by atoms with Gasteiger partial charge in [-0.05, 0) is 25.3 Å². The molecule has 0 aliphatic carbocycles. The molecule has 4 heterocycles. The van der Waals surface area contributed by atoms with Crippen LogP contribution in [0.2, 0.25) is 0 Å². The smallest absolute Gasteiger partial charge is 0.252 e. The molecule has 5 rings (SSSR count). The second-order valence-corrected chi connectivity index (χ2v) is 6.42. The van der Waals surface area contributed by atoms with Crippen LogP contribution in [0.1, 0.15) is 11.5 Å². The highest BCUT2D eigenvalue weighted by atomic mass is 15.5. The molecule has 0 bridgehead atoms. The number of azo groups is 1. The van der Waals surface area contributed by atoms with E-state index in [0.717, 1.165) is 16.6 Å². The monoisotopic (exact) mass is 382 g/mol. The number of aryl methyl sites for hydroxylation is 2. The third-order valence-corrected chi connectivity index (χ3v) is 4.50. The first-order chi connectivity index (χ1) is 14.2. The van der Waals surface area contributed by atoms with Crippen molar-refractivity contribution in [1.29, 1.82) is 0 Å². The number of hydrogen-bond donors (Lipinski definition) is 1. The Morgan fingerprint density at radius 2 is 1.97 bits per heavy atom. The fourth-order valence-corrected chi connectivity index (χ4v) is 3.18. The highest BCUT2D eigenvalue weighted by molar-refractivity contribution is 5.89. The standard InChI is InChI=1S/C19H14N10/c1-11-16(19-23-12(2)27-29(19)26-11)24-25-18-15(20-3)10-22-28(18)17-14-7-5-4-6-13(14)8-9-21-17/h4-10H,1-2H3,(H,23,27)/b25-24+. The molecule has 0 aliphatic heterocycles. The van der Waals surface area contributed by atoms with Gasteiger partial charge in [-0.25, -0.2) is 14.5 Å². The molecule has 4 aromatic heterocycles. The number of benzene rings is 1. The van der Waals surface area contributed by atoms with Crippen LogP contribution in [0.5, 0.6) is 0 Å². The highest BCUT2D eigenvalue weighted by Gasteiger charge is 2.17. The molecule has 140 valence electrons. The zero-order valence-corrected chi connectivity index (χ0v) is 15.6. The van der Waals surface area contributed by atoms with Gasteiger partial charge in [0.2, 0.25) is 0 Å². The first-order valence-corrected chi connectivity index (χ1v) is 8.79. The summed E-state index contributed by atoms with van der Waals surface area (Å²) in [5.74, 6) is 1.61. The van der Waals surface area contributed by atoms with Crippen molar-refractivity contribution in [3.63, 3.8) is 0 Å². The Labute approximate surface area is 164 Å². The van der Waals surface area contributed by atoms with Crippen LogP contribution >= 0.6 is 0 Å². The predicted octanol–water partition coefficient (Wildman–Crippen LogP) is 4.37. The van der Waals surface area contributed by atoms with Crippen LogP contribution in [-0.4, -0.2) is 34.6 Å². The van der Waals surface area contributed by atoms with Gasteiger partial charge in [0, 0.05) is 11.6 Å². The second-order valence-electron chi connectivity index (χ2n) is 6.42. The molecule has 0 radical (unpaired) electrons. The number of nitrogens with zero attached hydrogens (tertiary/aromatic N) is 9. The van der Waals surface area contributed by atoms with Crippen molar-refractivity contribution >= 4 is 33.6 Å². The Bertz CT molecular complexity index is 1440. The van der Waals surface area contributed by atoms with Gasteiger partial charge in [0.05, 0.1) is 18.5 Å². The number of hydrogen-bond acceptors (Lipinski definition) is 6. The van der Waals surface area contributed by atoms with Crippen molar-refractivity contribution in [1.82, 2.24) is 34.6 Å². The Morgan fingerprint density at radius 1 is 1.10 bits per heavy atom. The lowest BCUT2D eigenvalue weighted by molar-refractivity contribution is 0.793. The second kappa shape index (κ2) is 6.35. The van der Waals surface area contributed by atoms with E-state index in [1.165, 1.54) is 15.5 Å². The van der Waals surface area contributed by atoms with Crippen molar-refractivity contribution in [2.75, 3.05) is 0 Å². The maximum Gasteiger partial charge on any atom is 0.252 e. The Hall–Kier alpha value is -4.39. The van der Waals surface area contributed by atoms with E-state index in [2.05, 4.69) is 40.3 Å². The van der Waals surface area contributed by atoms with Crippen LogP contribution in [0.15, 0.2) is 53.0 Å². The summed E-state index contributed by atoms with van der Waals surface area (Å²) >= 11 is 0. The van der Waals surface area contributed by atoms with E-state index in [-0.39, 0.29) is 5.69 Å². The van der Waals surface area contributed by atoms with Gasteiger partial charge in [-0.3, -0.25) is 0 Å². The summed E-state index contributed by atoms with van der Waals surface area (Å²) in [7, 11) is 0. The number of pyridine rings is 1. The van der Waals surface area contributed by atoms with Gasteiger partial charge in [0.15, 0.2) is 23.0 Å². The number of nitrogens with one attached hydrogen (secondary N) is 1. The van der Waals surface area contributed by atoms with Gasteiger partial charge in [0.25, 0.3) is 5.69 Å². The summed E-state index contributed by atoms with van der Waals surface area (Å²) in [6.07, 6.45) is 3.17. The average Bonchev–Trinajstić information content (AvgIpc) is 3.38. The van der Waals surface area contributed by atoms with E-state index >= 15 is 0 Å². The first-order valence-electron chi connectivity index (χ1n) is 8.79. The molecule has 0 saturated carbocycles. The van der Waals surface area contributed by atoms with Crippen LogP contribution < -0.4 is 0 Å². The fraction of sp³-hybridized carbons (Fsp3) is 0.105. The van der Waals surface area contributed by atoms with Crippen molar-refractivity contribution < 1.29 is 0 Å². The zero-order valence-electron chi connectivity index (χ0n) is 15.6. The van der Waals surface area contributed by atoms with Crippen molar-refractivity contribution in [3.05, 3.63) is 65.7 Å². The minimum Gasteiger partial charge on any atom is -0.324 e. The summed E-state index contributed by atoms with van der Waals surface area (Å²) < 4.78 is 3.02. The first kappa shape index (κ1) is 16.8. The van der Waals surface area contributed by atoms with Gasteiger partial charge < -0.3 is 4.98 Å². The summed E-state index contributed by atoms with van der Waals surface area (Å²) in [5, 5.41) is 23.5. The molecule has 10 heteroatoms. The Kier molecular flexibility index (Phi) is 3.67. The van der Waals surface area contributed by atoms with Crippen molar-refractivity contribution in [2.24, 2.45) is 10.2 Å². The van der Waals surface area contributed by atoms with Gasteiger partial charge in [-0.2, -0.15) is 10.2 Å². The molecule has 0 amide bonds. The summed E-state index contributed by atoms with van der Waals surface area (Å²) in [5.41, 5.74) is 2.15. The summed E-state index contributed by atoms with van der Waals surface area (Å²) in [4.78, 5) is 11.1. The normalized spacial score (nSPS) is 11.6. The van der Waals surface area contributed by atoms with Crippen LogP contribution in [0.25, 0.3) is 27.1 Å². The lowest BCUT2D eigenvalue weighted by Gasteiger charge is -2.07. The van der Waals surface area contributed by atoms with E-state index in [0.29, 0.717) is 28.7 Å². The Morgan fingerprint density at radius 3 is 2.83 bits per heavy atom. The maximum absolute atomic E-state index is 7.47. The van der Waals surface area contributed by atoms with E-state index in [1.54, 1.807) is 6.20 Å². The van der Waals surface area contributed by atoms with Crippen molar-refractivity contribution in [3.8, 4) is 5.82 Å². The SMILES string of the molecule is [C-]#[N+]c1cnn(-c2nccc3ccccc23)c1/N=N/c1c(C)nn2nc(C)[nH]c12. The topological polar surface area (TPSA) is 106 Å². The van der Waals surface area contributed by atoms with E-state index in [4.69, 9.17) is 6.57 Å². The summed E-state index contributed by atoms with van der Waals surface area (Å²) in [6, 6.07) is 9.76. The third kappa shape index (κ3) is 2.64. The molecule has 29 heavy (non-hydrogen) atoms. The Balaban J connectivity index is 1.68. The highest BCUT2D eigenvalue weighted by Crippen LogP contribution is 2.34. The number of fused-ring (bicyclic) bond motifs is 2. The van der Waals surface area contributed by atoms with Gasteiger partial charge in [-0.1, -0.05) is 24.3 Å². The average molecular weight is 382 g/mol. The maximum atomic E-state index is 7.47. The van der Waals surface area contributed by atoms with E-state index < -0.39 is 0 Å². The summed E-state index contributed by atoms with van der Waals surface area (Å²) in [6.45, 7) is 11.1.